The van der Waals surface area contributed by atoms with Gasteiger partial charge in [-0.25, -0.2) is 9.13 Å². The van der Waals surface area contributed by atoms with E-state index in [1.807, 2.05) is 0 Å². The van der Waals surface area contributed by atoms with Crippen LogP contribution in [0.2, 0.25) is 0 Å². The quantitative estimate of drug-likeness (QED) is 0.149. The van der Waals surface area contributed by atoms with Crippen LogP contribution < -0.4 is 0 Å². The molecule has 13 N–H and O–H groups in total. The van der Waals surface area contributed by atoms with Gasteiger partial charge in [0.05, 0.1) is 19.1 Å². The van der Waals surface area contributed by atoms with E-state index in [-0.39, 0.29) is 23.0 Å². The number of phosphoric acid groups is 2. The van der Waals surface area contributed by atoms with Crippen LogP contribution in [-0.4, -0.2) is 57.5 Å². The van der Waals surface area contributed by atoms with E-state index in [2.05, 4.69) is 24.5 Å². The van der Waals surface area contributed by atoms with Crippen LogP contribution in [0.15, 0.2) is 38.3 Å². The van der Waals surface area contributed by atoms with E-state index in [9.17, 15) is 0 Å². The van der Waals surface area contributed by atoms with E-state index in [1.165, 1.54) is 18.6 Å². The number of rotatable bonds is 3. The zero-order valence-electron chi connectivity index (χ0n) is 11.3. The molecule has 140 valence electrons. The highest BCUT2D eigenvalue weighted by Crippen LogP contribution is 2.26. The summed E-state index contributed by atoms with van der Waals surface area (Å²) in [6.07, 6.45) is 4.06. The first-order chi connectivity index (χ1) is 8.33. The molecule has 0 radical (unpaired) electrons. The molecule has 0 saturated carbocycles. The van der Waals surface area contributed by atoms with Crippen LogP contribution in [0.1, 0.15) is 0 Å². The van der Waals surface area contributed by atoms with Crippen molar-refractivity contribution < 1.29 is 64.8 Å². The zero-order chi connectivity index (χ0) is 16.5. The summed E-state index contributed by atoms with van der Waals surface area (Å²) in [5, 5.41) is 7.76. The minimum Gasteiger partial charge on any atom is -0.474 e. The van der Waals surface area contributed by atoms with Crippen molar-refractivity contribution >= 4 is 15.6 Å². The molecule has 0 bridgehead atoms. The normalized spacial score (nSPS) is 7.77. The van der Waals surface area contributed by atoms with E-state index in [4.69, 9.17) is 43.6 Å². The lowest BCUT2D eigenvalue weighted by atomic mass is 10.7. The number of aliphatic hydroxyl groups excluding tert-OH is 1. The fraction of sp³-hybridized carbons (Fsp3) is 0.143. The van der Waals surface area contributed by atoms with Gasteiger partial charge in [0.2, 0.25) is 0 Å². The summed E-state index contributed by atoms with van der Waals surface area (Å²) in [5.74, 6) is 0. The van der Waals surface area contributed by atoms with Crippen LogP contribution >= 0.6 is 15.6 Å². The number of aliphatic hydroxyl groups is 1. The van der Waals surface area contributed by atoms with Crippen molar-refractivity contribution in [3.05, 3.63) is 38.3 Å². The van der Waals surface area contributed by atoms with Gasteiger partial charge in [-0.1, -0.05) is 19.2 Å². The predicted octanol–water partition coefficient (Wildman–Crippen LogP) is -2.88. The molecular formula is C7H24O13P2. The summed E-state index contributed by atoms with van der Waals surface area (Å²) in [5.41, 5.74) is 0. The molecule has 0 fully saturated rings. The van der Waals surface area contributed by atoms with Crippen molar-refractivity contribution in [2.75, 3.05) is 6.61 Å². The van der Waals surface area contributed by atoms with Crippen molar-refractivity contribution in [2.24, 2.45) is 0 Å². The third kappa shape index (κ3) is 1440. The Bertz CT molecular complexity index is 263. The Kier molecular flexibility index (Phi) is 55.1. The Morgan fingerprint density at radius 3 is 0.909 bits per heavy atom. The van der Waals surface area contributed by atoms with Crippen molar-refractivity contribution in [1.29, 1.82) is 0 Å². The number of hydrogen-bond donors (Lipinski definition) is 7. The van der Waals surface area contributed by atoms with Crippen LogP contribution in [0.25, 0.3) is 0 Å². The molecule has 0 rings (SSSR count). The molecule has 15 heteroatoms. The van der Waals surface area contributed by atoms with Gasteiger partial charge in [0, 0.05) is 0 Å². The molecule has 13 nitrogen and oxygen atoms in total. The molecule has 0 aromatic heterocycles. The third-order valence-corrected chi connectivity index (χ3v) is 0.322. The van der Waals surface area contributed by atoms with Crippen molar-refractivity contribution in [1.82, 2.24) is 0 Å². The van der Waals surface area contributed by atoms with Gasteiger partial charge in [0.1, 0.15) is 0 Å². The molecule has 0 unspecified atom stereocenters. The van der Waals surface area contributed by atoms with Gasteiger partial charge >= 0.3 is 15.6 Å². The smallest absolute Gasteiger partial charge is 0.466 e. The monoisotopic (exact) mass is 378 g/mol. The van der Waals surface area contributed by atoms with E-state index in [0.717, 1.165) is 0 Å². The van der Waals surface area contributed by atoms with Gasteiger partial charge < -0.3 is 55.6 Å². The first-order valence-corrected chi connectivity index (χ1v) is 7.12. The Balaban J connectivity index is -0.0000000262. The van der Waals surface area contributed by atoms with E-state index in [1.54, 1.807) is 0 Å². The van der Waals surface area contributed by atoms with Crippen LogP contribution in [-0.2, 0) is 13.9 Å². The SMILES string of the molecule is C=CCO.C=COC=C.O.O.O.O=P(O)(O)O.O=P(O)(O)O. The maximum atomic E-state index is 8.88. The Labute approximate surface area is 126 Å². The maximum Gasteiger partial charge on any atom is 0.466 e. The summed E-state index contributed by atoms with van der Waals surface area (Å²) in [6.45, 7) is 9.83. The lowest BCUT2D eigenvalue weighted by Crippen LogP contribution is -1.66. The highest BCUT2D eigenvalue weighted by atomic mass is 31.2. The standard InChI is InChI=1S/C4H6O.C3H6O.2H3O4P.3H2O/c1-3-5-4-2;1-2-3-4;2*1-5(2,3)4;;;/h3-4H,1-2H2;2,4H,1,3H2;2*(H3,1,2,3,4);3*1H2. The Morgan fingerprint density at radius 1 is 0.773 bits per heavy atom. The van der Waals surface area contributed by atoms with E-state index in [0.29, 0.717) is 0 Å². The fourth-order valence-corrected chi connectivity index (χ4v) is 0.0680. The average Bonchev–Trinajstić information content (AvgIpc) is 2.14. The van der Waals surface area contributed by atoms with Gasteiger partial charge in [0.25, 0.3) is 0 Å². The lowest BCUT2D eigenvalue weighted by Gasteiger charge is -1.82. The van der Waals surface area contributed by atoms with Gasteiger partial charge in [-0.05, 0) is 0 Å². The minimum atomic E-state index is -4.64. The highest BCUT2D eigenvalue weighted by molar-refractivity contribution is 7.45. The largest absolute Gasteiger partial charge is 0.474 e. The second-order valence-electron chi connectivity index (χ2n) is 1.97. The molecule has 0 aromatic rings. The molecule has 22 heavy (non-hydrogen) atoms. The summed E-state index contributed by atoms with van der Waals surface area (Å²) >= 11 is 0. The molecule has 0 heterocycles. The first-order valence-electron chi connectivity index (χ1n) is 3.99. The van der Waals surface area contributed by atoms with Crippen LogP contribution in [0.3, 0.4) is 0 Å². The molecule has 0 atom stereocenters. The summed E-state index contributed by atoms with van der Waals surface area (Å²) in [6, 6.07) is 0. The minimum absolute atomic E-state index is 0. The van der Waals surface area contributed by atoms with Gasteiger partial charge in [-0.15, -0.1) is 6.58 Å². The molecule has 0 amide bonds. The topological polar surface area (TPSA) is 279 Å². The summed E-state index contributed by atoms with van der Waals surface area (Å²) < 4.78 is 22.1. The highest BCUT2D eigenvalue weighted by Gasteiger charge is 2.00. The molecule has 0 aliphatic rings. The molecule has 0 aromatic carbocycles. The predicted molar refractivity (Wildman–Crippen MR) is 78.1 cm³/mol. The van der Waals surface area contributed by atoms with Crippen molar-refractivity contribution in [3.8, 4) is 0 Å². The number of hydrogen-bond acceptors (Lipinski definition) is 4. The third-order valence-electron chi connectivity index (χ3n) is 0.322. The molecule has 0 aliphatic carbocycles. The van der Waals surface area contributed by atoms with Gasteiger partial charge in [-0.2, -0.15) is 0 Å². The zero-order valence-corrected chi connectivity index (χ0v) is 13.1. The molecule has 0 saturated heterocycles. The molecule has 0 spiro atoms. The van der Waals surface area contributed by atoms with Crippen LogP contribution in [0.4, 0.5) is 0 Å². The second-order valence-corrected chi connectivity index (χ2v) is 4.02. The van der Waals surface area contributed by atoms with Gasteiger partial charge in [-0.3, -0.25) is 0 Å². The lowest BCUT2D eigenvalue weighted by molar-refractivity contribution is 0.272. The number of ether oxygens (including phenoxy) is 1. The average molecular weight is 378 g/mol. The maximum absolute atomic E-state index is 8.88. The van der Waals surface area contributed by atoms with Crippen molar-refractivity contribution in [3.63, 3.8) is 0 Å². The second kappa shape index (κ2) is 28.3. The first kappa shape index (κ1) is 42.9. The van der Waals surface area contributed by atoms with E-state index < -0.39 is 15.6 Å². The van der Waals surface area contributed by atoms with Crippen LogP contribution in [0, 0.1) is 0 Å². The van der Waals surface area contributed by atoms with Crippen molar-refractivity contribution in [2.45, 2.75) is 0 Å². The fourth-order valence-electron chi connectivity index (χ4n) is 0.0680. The van der Waals surface area contributed by atoms with Gasteiger partial charge in [0.15, 0.2) is 0 Å². The Morgan fingerprint density at radius 2 is 0.909 bits per heavy atom. The summed E-state index contributed by atoms with van der Waals surface area (Å²) in [7, 11) is -9.28. The van der Waals surface area contributed by atoms with E-state index >= 15 is 0 Å². The molecule has 0 aliphatic heterocycles. The Hall–Kier alpha value is -0.920. The van der Waals surface area contributed by atoms with Crippen LogP contribution in [0.5, 0.6) is 0 Å². The molecular weight excluding hydrogens is 354 g/mol. The summed E-state index contributed by atoms with van der Waals surface area (Å²) in [4.78, 5) is 43.1.